The van der Waals surface area contributed by atoms with Gasteiger partial charge in [-0.25, -0.2) is 4.39 Å². The summed E-state index contributed by atoms with van der Waals surface area (Å²) in [4.78, 5) is 16.7. The second-order valence-electron chi connectivity index (χ2n) is 7.14. The first-order chi connectivity index (χ1) is 14.2. The molecule has 148 valence electrons. The molecule has 1 aliphatic heterocycles. The first-order valence-electron chi connectivity index (χ1n) is 9.76. The summed E-state index contributed by atoms with van der Waals surface area (Å²) in [7, 11) is 0. The average Bonchev–Trinajstić information content (AvgIpc) is 2.75. The van der Waals surface area contributed by atoms with Gasteiger partial charge in [0.25, 0.3) is 5.91 Å². The van der Waals surface area contributed by atoms with Crippen molar-refractivity contribution in [3.63, 3.8) is 0 Å². The molecule has 1 fully saturated rings. The van der Waals surface area contributed by atoms with Gasteiger partial charge in [0.1, 0.15) is 17.3 Å². The highest BCUT2D eigenvalue weighted by Crippen LogP contribution is 2.22. The highest BCUT2D eigenvalue weighted by molar-refractivity contribution is 5.94. The van der Waals surface area contributed by atoms with E-state index in [4.69, 9.17) is 4.74 Å². The molecular formula is C24H23FN2O2. The molecule has 5 heteroatoms. The molecule has 0 spiro atoms. The van der Waals surface area contributed by atoms with E-state index in [0.717, 1.165) is 31.1 Å². The minimum Gasteiger partial charge on any atom is -0.457 e. The number of hydrogen-bond acceptors (Lipinski definition) is 3. The maximum Gasteiger partial charge on any atom is 0.254 e. The summed E-state index contributed by atoms with van der Waals surface area (Å²) in [6, 6.07) is 23.7. The van der Waals surface area contributed by atoms with Crippen LogP contribution in [0, 0.1) is 5.82 Å². The van der Waals surface area contributed by atoms with Crippen LogP contribution in [0.25, 0.3) is 0 Å². The summed E-state index contributed by atoms with van der Waals surface area (Å²) in [6.07, 6.45) is 0. The number of benzene rings is 3. The van der Waals surface area contributed by atoms with Crippen LogP contribution >= 0.6 is 0 Å². The molecule has 1 heterocycles. The normalized spacial score (nSPS) is 14.6. The van der Waals surface area contributed by atoms with Crippen LogP contribution in [-0.2, 0) is 6.54 Å². The number of rotatable bonds is 5. The van der Waals surface area contributed by atoms with Crippen molar-refractivity contribution < 1.29 is 13.9 Å². The second kappa shape index (κ2) is 8.88. The topological polar surface area (TPSA) is 32.8 Å². The lowest BCUT2D eigenvalue weighted by molar-refractivity contribution is 0.0628. The van der Waals surface area contributed by atoms with E-state index in [0.29, 0.717) is 18.7 Å². The van der Waals surface area contributed by atoms with Gasteiger partial charge in [0.05, 0.1) is 0 Å². The summed E-state index contributed by atoms with van der Waals surface area (Å²) in [5.41, 5.74) is 1.58. The number of carbonyl (C=O) groups is 1. The Morgan fingerprint density at radius 3 is 2.31 bits per heavy atom. The predicted molar refractivity (Wildman–Crippen MR) is 111 cm³/mol. The Balaban J connectivity index is 1.33. The van der Waals surface area contributed by atoms with Crippen LogP contribution in [0.5, 0.6) is 11.5 Å². The fourth-order valence-corrected chi connectivity index (χ4v) is 3.50. The minimum absolute atomic E-state index is 0.109. The molecule has 1 aliphatic rings. The van der Waals surface area contributed by atoms with Gasteiger partial charge in [-0.2, -0.15) is 0 Å². The van der Waals surface area contributed by atoms with Crippen molar-refractivity contribution >= 4 is 5.91 Å². The van der Waals surface area contributed by atoms with Crippen molar-refractivity contribution in [1.82, 2.24) is 9.80 Å². The number of para-hydroxylation sites is 1. The summed E-state index contributed by atoms with van der Waals surface area (Å²) >= 11 is 0. The largest absolute Gasteiger partial charge is 0.457 e. The third-order valence-electron chi connectivity index (χ3n) is 5.01. The molecule has 0 aromatic heterocycles. The molecule has 4 rings (SSSR count). The van der Waals surface area contributed by atoms with E-state index >= 15 is 0 Å². The quantitative estimate of drug-likeness (QED) is 0.640. The summed E-state index contributed by atoms with van der Waals surface area (Å²) in [5.74, 6) is 1.14. The molecule has 0 radical (unpaired) electrons. The second-order valence-corrected chi connectivity index (χ2v) is 7.14. The first kappa shape index (κ1) is 19.2. The Bertz CT molecular complexity index is 969. The van der Waals surface area contributed by atoms with Gasteiger partial charge in [-0.15, -0.1) is 0 Å². The van der Waals surface area contributed by atoms with Crippen LogP contribution < -0.4 is 4.74 Å². The minimum atomic E-state index is -0.382. The number of piperazine rings is 1. The molecule has 4 nitrogen and oxygen atoms in total. The third-order valence-corrected chi connectivity index (χ3v) is 5.01. The van der Waals surface area contributed by atoms with E-state index in [9.17, 15) is 9.18 Å². The highest BCUT2D eigenvalue weighted by atomic mass is 19.1. The van der Waals surface area contributed by atoms with Gasteiger partial charge >= 0.3 is 0 Å². The number of nitrogens with zero attached hydrogens (tertiary/aromatic N) is 2. The Hall–Kier alpha value is -3.18. The molecule has 1 amide bonds. The van der Waals surface area contributed by atoms with Gasteiger partial charge in [0.15, 0.2) is 0 Å². The van der Waals surface area contributed by atoms with Crippen molar-refractivity contribution in [2.45, 2.75) is 6.54 Å². The Labute approximate surface area is 170 Å². The van der Waals surface area contributed by atoms with E-state index < -0.39 is 0 Å². The van der Waals surface area contributed by atoms with Crippen LogP contribution in [0.1, 0.15) is 15.9 Å². The van der Waals surface area contributed by atoms with Crippen molar-refractivity contribution in [1.29, 1.82) is 0 Å². The predicted octanol–water partition coefficient (Wildman–Crippen LogP) is 4.58. The average molecular weight is 390 g/mol. The SMILES string of the molecule is O=C(c1cccc(F)c1)N1CCN(Cc2cccc(Oc3ccccc3)c2)CC1. The fourth-order valence-electron chi connectivity index (χ4n) is 3.50. The Morgan fingerprint density at radius 1 is 0.828 bits per heavy atom. The number of hydrogen-bond donors (Lipinski definition) is 0. The molecule has 0 saturated carbocycles. The van der Waals surface area contributed by atoms with Crippen LogP contribution in [0.3, 0.4) is 0 Å². The summed E-state index contributed by atoms with van der Waals surface area (Å²) in [5, 5.41) is 0. The zero-order valence-electron chi connectivity index (χ0n) is 16.1. The van der Waals surface area contributed by atoms with Crippen LogP contribution in [0.2, 0.25) is 0 Å². The molecule has 3 aromatic carbocycles. The monoisotopic (exact) mass is 390 g/mol. The molecule has 0 atom stereocenters. The molecule has 0 unspecified atom stereocenters. The van der Waals surface area contributed by atoms with Gasteiger partial charge in [-0.3, -0.25) is 9.69 Å². The lowest BCUT2D eigenvalue weighted by atomic mass is 10.1. The lowest BCUT2D eigenvalue weighted by Crippen LogP contribution is -2.48. The van der Waals surface area contributed by atoms with Crippen molar-refractivity contribution in [2.75, 3.05) is 26.2 Å². The smallest absolute Gasteiger partial charge is 0.254 e. The molecule has 0 bridgehead atoms. The number of amides is 1. The maximum atomic E-state index is 13.4. The Morgan fingerprint density at radius 2 is 1.55 bits per heavy atom. The Kier molecular flexibility index (Phi) is 5.86. The molecule has 0 N–H and O–H groups in total. The molecule has 1 saturated heterocycles. The molecule has 3 aromatic rings. The van der Waals surface area contributed by atoms with Crippen LogP contribution in [0.15, 0.2) is 78.9 Å². The van der Waals surface area contributed by atoms with Crippen molar-refractivity contribution in [3.8, 4) is 11.5 Å². The molecule has 0 aliphatic carbocycles. The van der Waals surface area contributed by atoms with Crippen molar-refractivity contribution in [3.05, 3.63) is 95.8 Å². The zero-order valence-corrected chi connectivity index (χ0v) is 16.1. The van der Waals surface area contributed by atoms with E-state index in [-0.39, 0.29) is 11.7 Å². The number of carbonyl (C=O) groups excluding carboxylic acids is 1. The molecule has 29 heavy (non-hydrogen) atoms. The van der Waals surface area contributed by atoms with Crippen LogP contribution in [0.4, 0.5) is 4.39 Å². The lowest BCUT2D eigenvalue weighted by Gasteiger charge is -2.34. The highest BCUT2D eigenvalue weighted by Gasteiger charge is 2.22. The summed E-state index contributed by atoms with van der Waals surface area (Å²) in [6.45, 7) is 3.63. The van der Waals surface area contributed by atoms with Crippen LogP contribution in [-0.4, -0.2) is 41.9 Å². The van der Waals surface area contributed by atoms with Crippen molar-refractivity contribution in [2.24, 2.45) is 0 Å². The van der Waals surface area contributed by atoms with E-state index in [1.165, 1.54) is 17.7 Å². The standard InChI is InChI=1S/C24H23FN2O2/c25-21-8-5-7-20(17-21)24(28)27-14-12-26(13-15-27)18-19-6-4-11-23(16-19)29-22-9-2-1-3-10-22/h1-11,16-17H,12-15,18H2. The number of ether oxygens (including phenoxy) is 1. The number of halogens is 1. The van der Waals surface area contributed by atoms with Gasteiger partial charge in [-0.1, -0.05) is 36.4 Å². The summed E-state index contributed by atoms with van der Waals surface area (Å²) < 4.78 is 19.3. The fraction of sp³-hybridized carbons (Fsp3) is 0.208. The van der Waals surface area contributed by atoms with E-state index in [1.807, 2.05) is 42.5 Å². The first-order valence-corrected chi connectivity index (χ1v) is 9.76. The van der Waals surface area contributed by atoms with Gasteiger partial charge in [-0.05, 0) is 48.0 Å². The van der Waals surface area contributed by atoms with Gasteiger partial charge in [0.2, 0.25) is 0 Å². The van der Waals surface area contributed by atoms with Gasteiger partial charge in [0, 0.05) is 38.3 Å². The van der Waals surface area contributed by atoms with E-state index in [1.54, 1.807) is 17.0 Å². The zero-order chi connectivity index (χ0) is 20.1. The maximum absolute atomic E-state index is 13.4. The van der Waals surface area contributed by atoms with E-state index in [2.05, 4.69) is 17.0 Å². The third kappa shape index (κ3) is 5.00. The van der Waals surface area contributed by atoms with Gasteiger partial charge < -0.3 is 9.64 Å². The molecular weight excluding hydrogens is 367 g/mol.